The van der Waals surface area contributed by atoms with Gasteiger partial charge in [0.2, 0.25) is 0 Å². The minimum Gasteiger partial charge on any atom is -0.496 e. The van der Waals surface area contributed by atoms with Gasteiger partial charge in [0, 0.05) is 11.0 Å². The molecule has 1 aromatic carbocycles. The molecule has 124 valence electrons. The standard InChI is InChI=1S/C10H10O3.C6H14O3/c1-7-3-9(6-12)10(13-2)4-8(7)5-11;1-2-6(3-7,4-8)5-9/h3-6H,1-2H3;7-9H,2-5H2,1H3. The third-order valence-corrected chi connectivity index (χ3v) is 3.63. The number of carbonyl (C=O) groups is 2. The first kappa shape index (κ1) is 20.2. The second-order valence-corrected chi connectivity index (χ2v) is 5.01. The fourth-order valence-corrected chi connectivity index (χ4v) is 1.61. The van der Waals surface area contributed by atoms with E-state index in [1.54, 1.807) is 19.1 Å². The summed E-state index contributed by atoms with van der Waals surface area (Å²) in [6.45, 7) is 3.13. The highest BCUT2D eigenvalue weighted by molar-refractivity contribution is 5.85. The molecule has 0 bridgehead atoms. The number of hydrogen-bond acceptors (Lipinski definition) is 6. The summed E-state index contributed by atoms with van der Waals surface area (Å²) >= 11 is 0. The van der Waals surface area contributed by atoms with E-state index in [0.29, 0.717) is 29.6 Å². The number of aliphatic hydroxyl groups excluding tert-OH is 3. The highest BCUT2D eigenvalue weighted by Crippen LogP contribution is 2.20. The van der Waals surface area contributed by atoms with Gasteiger partial charge in [-0.3, -0.25) is 9.59 Å². The number of methoxy groups -OCH3 is 1. The van der Waals surface area contributed by atoms with Crippen LogP contribution in [0.4, 0.5) is 0 Å². The highest BCUT2D eigenvalue weighted by atomic mass is 16.5. The SMILES string of the molecule is CCC(CO)(CO)CO.COc1cc(C=O)c(C)cc1C=O. The second-order valence-electron chi connectivity index (χ2n) is 5.01. The molecule has 0 unspecified atom stereocenters. The smallest absolute Gasteiger partial charge is 0.153 e. The summed E-state index contributed by atoms with van der Waals surface area (Å²) < 4.78 is 4.94. The molecule has 0 radical (unpaired) electrons. The van der Waals surface area contributed by atoms with Gasteiger partial charge in [0.1, 0.15) is 12.0 Å². The summed E-state index contributed by atoms with van der Waals surface area (Å²) in [6.07, 6.45) is 2.04. The second kappa shape index (κ2) is 10.0. The summed E-state index contributed by atoms with van der Waals surface area (Å²) in [5.41, 5.74) is 1.12. The molecule has 6 nitrogen and oxygen atoms in total. The quantitative estimate of drug-likeness (QED) is 0.649. The van der Waals surface area contributed by atoms with Crippen molar-refractivity contribution in [3.05, 3.63) is 28.8 Å². The minimum absolute atomic E-state index is 0.156. The maximum Gasteiger partial charge on any atom is 0.153 e. The van der Waals surface area contributed by atoms with E-state index in [9.17, 15) is 9.59 Å². The lowest BCUT2D eigenvalue weighted by molar-refractivity contribution is 0.00304. The van der Waals surface area contributed by atoms with Crippen molar-refractivity contribution in [1.29, 1.82) is 0 Å². The van der Waals surface area contributed by atoms with E-state index < -0.39 is 5.41 Å². The number of aryl methyl sites for hydroxylation is 1. The van der Waals surface area contributed by atoms with Crippen molar-refractivity contribution in [2.75, 3.05) is 26.9 Å². The maximum absolute atomic E-state index is 10.6. The van der Waals surface area contributed by atoms with Crippen LogP contribution in [0, 0.1) is 12.3 Å². The van der Waals surface area contributed by atoms with E-state index in [1.807, 2.05) is 6.92 Å². The van der Waals surface area contributed by atoms with Crippen molar-refractivity contribution in [2.24, 2.45) is 5.41 Å². The Bertz CT molecular complexity index is 462. The molecule has 0 aromatic heterocycles. The fraction of sp³-hybridized carbons (Fsp3) is 0.500. The lowest BCUT2D eigenvalue weighted by Crippen LogP contribution is -2.32. The third-order valence-electron chi connectivity index (χ3n) is 3.63. The Balaban J connectivity index is 0.000000433. The van der Waals surface area contributed by atoms with Gasteiger partial charge in [0.15, 0.2) is 6.29 Å². The molecule has 1 aromatic rings. The molecule has 0 atom stereocenters. The van der Waals surface area contributed by atoms with Gasteiger partial charge in [-0.05, 0) is 31.0 Å². The first-order valence-electron chi connectivity index (χ1n) is 6.89. The summed E-state index contributed by atoms with van der Waals surface area (Å²) in [5, 5.41) is 26.0. The van der Waals surface area contributed by atoms with Gasteiger partial charge in [0.25, 0.3) is 0 Å². The summed E-state index contributed by atoms with van der Waals surface area (Å²) in [7, 11) is 1.46. The van der Waals surface area contributed by atoms with Crippen LogP contribution in [0.15, 0.2) is 12.1 Å². The van der Waals surface area contributed by atoms with Crippen LogP contribution in [0.3, 0.4) is 0 Å². The maximum atomic E-state index is 10.6. The van der Waals surface area contributed by atoms with E-state index in [4.69, 9.17) is 20.1 Å². The molecule has 0 saturated carbocycles. The van der Waals surface area contributed by atoms with Crippen LogP contribution in [0.1, 0.15) is 39.6 Å². The Hall–Kier alpha value is -1.76. The molecule has 0 aliphatic rings. The molecular weight excluding hydrogens is 288 g/mol. The Morgan fingerprint density at radius 3 is 1.82 bits per heavy atom. The van der Waals surface area contributed by atoms with Crippen LogP contribution < -0.4 is 4.74 Å². The van der Waals surface area contributed by atoms with Crippen LogP contribution in [0.5, 0.6) is 5.75 Å². The first-order chi connectivity index (χ1) is 10.5. The minimum atomic E-state index is -0.667. The van der Waals surface area contributed by atoms with Crippen molar-refractivity contribution in [1.82, 2.24) is 0 Å². The predicted molar refractivity (Wildman–Crippen MR) is 82.5 cm³/mol. The molecule has 1 rings (SSSR count). The monoisotopic (exact) mass is 312 g/mol. The molecule has 6 heteroatoms. The molecule has 3 N–H and O–H groups in total. The Labute approximate surface area is 130 Å². The van der Waals surface area contributed by atoms with Crippen LogP contribution in [-0.4, -0.2) is 54.8 Å². The Kier molecular flexibility index (Phi) is 9.24. The third kappa shape index (κ3) is 5.22. The number of aliphatic hydroxyl groups is 3. The lowest BCUT2D eigenvalue weighted by Gasteiger charge is -2.24. The number of rotatable bonds is 7. The topological polar surface area (TPSA) is 104 Å². The molecule has 0 spiro atoms. The summed E-state index contributed by atoms with van der Waals surface area (Å²) in [6, 6.07) is 3.20. The fourth-order valence-electron chi connectivity index (χ4n) is 1.61. The van der Waals surface area contributed by atoms with E-state index in [2.05, 4.69) is 0 Å². The predicted octanol–water partition coefficient (Wildman–Crippen LogP) is 0.988. The normalized spacial score (nSPS) is 10.5. The number of ether oxygens (including phenoxy) is 1. The van der Waals surface area contributed by atoms with Gasteiger partial charge >= 0.3 is 0 Å². The van der Waals surface area contributed by atoms with Gasteiger partial charge in [-0.25, -0.2) is 0 Å². The van der Waals surface area contributed by atoms with Crippen LogP contribution >= 0.6 is 0 Å². The number of hydrogen-bond donors (Lipinski definition) is 3. The van der Waals surface area contributed by atoms with Crippen LogP contribution in [0.2, 0.25) is 0 Å². The largest absolute Gasteiger partial charge is 0.496 e. The summed E-state index contributed by atoms with van der Waals surface area (Å²) in [4.78, 5) is 21.1. The summed E-state index contributed by atoms with van der Waals surface area (Å²) in [5.74, 6) is 0.433. The van der Waals surface area contributed by atoms with E-state index in [0.717, 1.165) is 11.8 Å². The zero-order chi connectivity index (χ0) is 17.2. The molecule has 0 aliphatic carbocycles. The zero-order valence-electron chi connectivity index (χ0n) is 13.2. The average Bonchev–Trinajstić information content (AvgIpc) is 2.57. The molecule has 0 amide bonds. The number of carbonyl (C=O) groups excluding carboxylic acids is 2. The van der Waals surface area contributed by atoms with Crippen LogP contribution in [-0.2, 0) is 0 Å². The van der Waals surface area contributed by atoms with Gasteiger partial charge in [0.05, 0.1) is 32.5 Å². The Morgan fingerprint density at radius 1 is 1.05 bits per heavy atom. The van der Waals surface area contributed by atoms with E-state index in [-0.39, 0.29) is 19.8 Å². The highest BCUT2D eigenvalue weighted by Gasteiger charge is 2.24. The molecular formula is C16H24O6. The Morgan fingerprint density at radius 2 is 1.55 bits per heavy atom. The molecule has 0 saturated heterocycles. The van der Waals surface area contributed by atoms with E-state index >= 15 is 0 Å². The molecule has 22 heavy (non-hydrogen) atoms. The van der Waals surface area contributed by atoms with Crippen molar-refractivity contribution in [3.63, 3.8) is 0 Å². The van der Waals surface area contributed by atoms with Gasteiger partial charge in [-0.15, -0.1) is 0 Å². The number of benzene rings is 1. The van der Waals surface area contributed by atoms with Crippen LogP contribution in [0.25, 0.3) is 0 Å². The lowest BCUT2D eigenvalue weighted by atomic mass is 9.88. The molecule has 0 aliphatic heterocycles. The van der Waals surface area contributed by atoms with Gasteiger partial charge in [-0.1, -0.05) is 6.92 Å². The van der Waals surface area contributed by atoms with Crippen molar-refractivity contribution >= 4 is 12.6 Å². The first-order valence-corrected chi connectivity index (χ1v) is 6.89. The van der Waals surface area contributed by atoms with Gasteiger partial charge < -0.3 is 20.1 Å². The average molecular weight is 312 g/mol. The van der Waals surface area contributed by atoms with Crippen molar-refractivity contribution < 1.29 is 29.6 Å². The molecule has 0 heterocycles. The molecule has 0 fully saturated rings. The van der Waals surface area contributed by atoms with Crippen molar-refractivity contribution in [2.45, 2.75) is 20.3 Å². The van der Waals surface area contributed by atoms with Crippen molar-refractivity contribution in [3.8, 4) is 5.75 Å². The van der Waals surface area contributed by atoms with E-state index in [1.165, 1.54) is 7.11 Å². The number of aldehydes is 2. The van der Waals surface area contributed by atoms with Gasteiger partial charge in [-0.2, -0.15) is 0 Å². The zero-order valence-corrected chi connectivity index (χ0v) is 13.2.